The predicted octanol–water partition coefficient (Wildman–Crippen LogP) is 3.06. The third-order valence-electron chi connectivity index (χ3n) is 2.24. The number of rotatable bonds is 3. The number of carboxylic acid groups (broad SMARTS) is 1. The van der Waals surface area contributed by atoms with E-state index in [2.05, 4.69) is 0 Å². The molecule has 1 heterocycles. The summed E-state index contributed by atoms with van der Waals surface area (Å²) in [5, 5.41) is 11.2. The normalized spacial score (nSPS) is 10.7. The van der Waals surface area contributed by atoms with Gasteiger partial charge < -0.3 is 5.11 Å². The molecule has 0 saturated heterocycles. The summed E-state index contributed by atoms with van der Waals surface area (Å²) in [5.74, 6) is -1.06. The molecular weight excluding hydrogens is 215 g/mol. The van der Waals surface area contributed by atoms with Crippen LogP contribution in [0.2, 0.25) is 0 Å². The highest BCUT2D eigenvalue weighted by Gasteiger charge is 2.08. The van der Waals surface area contributed by atoms with Gasteiger partial charge in [-0.25, -0.2) is 4.39 Å². The molecule has 15 heavy (non-hydrogen) atoms. The van der Waals surface area contributed by atoms with E-state index in [1.54, 1.807) is 6.07 Å². The van der Waals surface area contributed by atoms with Gasteiger partial charge >= 0.3 is 5.97 Å². The van der Waals surface area contributed by atoms with Gasteiger partial charge in [-0.15, -0.1) is 11.3 Å². The molecule has 0 bridgehead atoms. The van der Waals surface area contributed by atoms with Gasteiger partial charge in [0.25, 0.3) is 0 Å². The summed E-state index contributed by atoms with van der Waals surface area (Å²) >= 11 is 1.32. The van der Waals surface area contributed by atoms with Crippen molar-refractivity contribution in [3.63, 3.8) is 0 Å². The van der Waals surface area contributed by atoms with E-state index in [1.807, 2.05) is 11.4 Å². The fourth-order valence-corrected chi connectivity index (χ4v) is 2.52. The van der Waals surface area contributed by atoms with Crippen molar-refractivity contribution in [2.24, 2.45) is 0 Å². The molecule has 0 fully saturated rings. The second-order valence-electron chi connectivity index (χ2n) is 3.27. The molecule has 1 aromatic carbocycles. The van der Waals surface area contributed by atoms with Crippen LogP contribution >= 0.6 is 11.3 Å². The second kappa shape index (κ2) is 3.98. The number of aryl methyl sites for hydroxylation is 1. The summed E-state index contributed by atoms with van der Waals surface area (Å²) in [7, 11) is 0. The smallest absolute Gasteiger partial charge is 0.303 e. The first-order chi connectivity index (χ1) is 7.18. The van der Waals surface area contributed by atoms with Gasteiger partial charge in [0.2, 0.25) is 0 Å². The van der Waals surface area contributed by atoms with Crippen molar-refractivity contribution < 1.29 is 14.3 Å². The largest absolute Gasteiger partial charge is 0.481 e. The quantitative estimate of drug-likeness (QED) is 0.870. The van der Waals surface area contributed by atoms with E-state index < -0.39 is 5.97 Å². The number of carbonyl (C=O) groups is 1. The Morgan fingerprint density at radius 1 is 1.47 bits per heavy atom. The Morgan fingerprint density at radius 3 is 3.00 bits per heavy atom. The van der Waals surface area contributed by atoms with Crippen LogP contribution in [0.4, 0.5) is 4.39 Å². The minimum absolute atomic E-state index is 0.0857. The summed E-state index contributed by atoms with van der Waals surface area (Å²) in [6, 6.07) is 4.89. The molecule has 1 N–H and O–H groups in total. The van der Waals surface area contributed by atoms with Gasteiger partial charge in [-0.2, -0.15) is 0 Å². The third-order valence-corrected chi connectivity index (χ3v) is 3.29. The van der Waals surface area contributed by atoms with Crippen LogP contribution in [-0.2, 0) is 11.2 Å². The molecule has 1 aromatic heterocycles. The Hall–Kier alpha value is -1.42. The first-order valence-electron chi connectivity index (χ1n) is 4.55. The molecule has 0 unspecified atom stereocenters. The van der Waals surface area contributed by atoms with Crippen LogP contribution in [0.1, 0.15) is 12.0 Å². The van der Waals surface area contributed by atoms with Crippen molar-refractivity contribution >= 4 is 27.4 Å². The Bertz CT molecular complexity index is 504. The third kappa shape index (κ3) is 1.99. The standard InChI is InChI=1S/C11H9FO2S/c12-9-3-1-2-8-7(4-5-10(13)14)6-15-11(8)9/h1-3,6H,4-5H2,(H,13,14). The molecule has 78 valence electrons. The first-order valence-corrected chi connectivity index (χ1v) is 5.43. The lowest BCUT2D eigenvalue weighted by Crippen LogP contribution is -1.96. The lowest BCUT2D eigenvalue weighted by Gasteiger charge is -1.96. The van der Waals surface area contributed by atoms with Crippen LogP contribution in [0.25, 0.3) is 10.1 Å². The lowest BCUT2D eigenvalue weighted by molar-refractivity contribution is -0.136. The fraction of sp³-hybridized carbons (Fsp3) is 0.182. The minimum atomic E-state index is -0.828. The highest BCUT2D eigenvalue weighted by atomic mass is 32.1. The van der Waals surface area contributed by atoms with E-state index in [1.165, 1.54) is 17.4 Å². The highest BCUT2D eigenvalue weighted by Crippen LogP contribution is 2.28. The number of halogens is 1. The van der Waals surface area contributed by atoms with Gasteiger partial charge in [0.1, 0.15) is 5.82 Å². The van der Waals surface area contributed by atoms with E-state index >= 15 is 0 Å². The summed E-state index contributed by atoms with van der Waals surface area (Å²) in [6.07, 6.45) is 0.543. The van der Waals surface area contributed by atoms with Gasteiger partial charge in [0, 0.05) is 6.42 Å². The Labute approximate surface area is 90.0 Å². The maximum atomic E-state index is 13.3. The molecule has 0 radical (unpaired) electrons. The van der Waals surface area contributed by atoms with Gasteiger partial charge in [0.15, 0.2) is 0 Å². The average Bonchev–Trinajstić information content (AvgIpc) is 2.59. The summed E-state index contributed by atoms with van der Waals surface area (Å²) in [6.45, 7) is 0. The SMILES string of the molecule is O=C(O)CCc1csc2c(F)cccc12. The number of hydrogen-bond donors (Lipinski definition) is 1. The number of carboxylic acids is 1. The molecule has 0 aliphatic rings. The maximum Gasteiger partial charge on any atom is 0.303 e. The molecule has 0 aliphatic carbocycles. The lowest BCUT2D eigenvalue weighted by atomic mass is 10.1. The number of fused-ring (bicyclic) bond motifs is 1. The molecule has 2 rings (SSSR count). The van der Waals surface area contributed by atoms with Crippen molar-refractivity contribution in [2.45, 2.75) is 12.8 Å². The van der Waals surface area contributed by atoms with Crippen molar-refractivity contribution in [3.05, 3.63) is 35.0 Å². The zero-order valence-corrected chi connectivity index (χ0v) is 8.68. The Kier molecular flexibility index (Phi) is 2.68. The van der Waals surface area contributed by atoms with E-state index in [-0.39, 0.29) is 12.2 Å². The van der Waals surface area contributed by atoms with Gasteiger partial charge in [-0.1, -0.05) is 12.1 Å². The first kappa shape index (κ1) is 10.1. The fourth-order valence-electron chi connectivity index (χ4n) is 1.51. The van der Waals surface area contributed by atoms with Crippen molar-refractivity contribution in [2.75, 3.05) is 0 Å². The maximum absolute atomic E-state index is 13.3. The number of aliphatic carboxylic acids is 1. The average molecular weight is 224 g/mol. The molecule has 2 aromatic rings. The van der Waals surface area contributed by atoms with Crippen LogP contribution in [0.15, 0.2) is 23.6 Å². The van der Waals surface area contributed by atoms with Crippen LogP contribution < -0.4 is 0 Å². The van der Waals surface area contributed by atoms with Gasteiger partial charge in [-0.05, 0) is 28.8 Å². The predicted molar refractivity (Wildman–Crippen MR) is 57.7 cm³/mol. The molecular formula is C11H9FO2S. The van der Waals surface area contributed by atoms with Crippen molar-refractivity contribution in [3.8, 4) is 0 Å². The molecule has 0 saturated carbocycles. The van der Waals surface area contributed by atoms with Crippen LogP contribution in [0.3, 0.4) is 0 Å². The Balaban J connectivity index is 2.37. The Morgan fingerprint density at radius 2 is 2.27 bits per heavy atom. The van der Waals surface area contributed by atoms with Crippen LogP contribution in [-0.4, -0.2) is 11.1 Å². The van der Waals surface area contributed by atoms with E-state index in [0.717, 1.165) is 10.9 Å². The van der Waals surface area contributed by atoms with Crippen molar-refractivity contribution in [1.82, 2.24) is 0 Å². The number of hydrogen-bond acceptors (Lipinski definition) is 2. The summed E-state index contributed by atoms with van der Waals surface area (Å²) < 4.78 is 13.9. The van der Waals surface area contributed by atoms with E-state index in [9.17, 15) is 9.18 Å². The van der Waals surface area contributed by atoms with Crippen LogP contribution in [0.5, 0.6) is 0 Å². The zero-order chi connectivity index (χ0) is 10.8. The molecule has 0 amide bonds. The van der Waals surface area contributed by atoms with Gasteiger partial charge in [-0.3, -0.25) is 4.79 Å². The summed E-state index contributed by atoms with van der Waals surface area (Å²) in [4.78, 5) is 10.4. The highest BCUT2D eigenvalue weighted by molar-refractivity contribution is 7.17. The molecule has 0 aliphatic heterocycles. The number of thiophene rings is 1. The molecule has 2 nitrogen and oxygen atoms in total. The van der Waals surface area contributed by atoms with E-state index in [4.69, 9.17) is 5.11 Å². The van der Waals surface area contributed by atoms with Crippen molar-refractivity contribution in [1.29, 1.82) is 0 Å². The molecule has 0 spiro atoms. The van der Waals surface area contributed by atoms with E-state index in [0.29, 0.717) is 11.1 Å². The van der Waals surface area contributed by atoms with Gasteiger partial charge in [0.05, 0.1) is 4.70 Å². The second-order valence-corrected chi connectivity index (χ2v) is 4.15. The molecule has 4 heteroatoms. The monoisotopic (exact) mass is 224 g/mol. The number of benzene rings is 1. The minimum Gasteiger partial charge on any atom is -0.481 e. The zero-order valence-electron chi connectivity index (χ0n) is 7.87. The van der Waals surface area contributed by atoms with Crippen LogP contribution in [0, 0.1) is 5.82 Å². The molecule has 0 atom stereocenters. The summed E-state index contributed by atoms with van der Waals surface area (Å²) in [5.41, 5.74) is 0.914. The topological polar surface area (TPSA) is 37.3 Å².